The Balaban J connectivity index is 0. The van der Waals surface area contributed by atoms with Gasteiger partial charge in [-0.25, -0.2) is 0 Å². The van der Waals surface area contributed by atoms with Crippen LogP contribution in [-0.2, 0) is 4.74 Å². The van der Waals surface area contributed by atoms with E-state index >= 15 is 0 Å². The van der Waals surface area contributed by atoms with Crippen LogP contribution in [0.2, 0.25) is 0 Å². The molecule has 0 amide bonds. The largest absolute Gasteiger partial charge is 0.382 e. The maximum Gasteiger partial charge on any atom is 0.191 e. The van der Waals surface area contributed by atoms with Gasteiger partial charge in [0.1, 0.15) is 0 Å². The van der Waals surface area contributed by atoms with E-state index in [0.29, 0.717) is 6.04 Å². The zero-order chi connectivity index (χ0) is 14.5. The van der Waals surface area contributed by atoms with E-state index in [1.807, 2.05) is 6.92 Å². The average molecular weight is 400 g/mol. The van der Waals surface area contributed by atoms with Crippen LogP contribution in [-0.4, -0.2) is 63.3 Å². The van der Waals surface area contributed by atoms with Gasteiger partial charge in [0.25, 0.3) is 0 Å². The van der Waals surface area contributed by atoms with Gasteiger partial charge in [0.05, 0.1) is 0 Å². The number of ether oxygens (including phenoxy) is 1. The maximum atomic E-state index is 5.30. The number of rotatable bonds is 10. The van der Waals surface area contributed by atoms with Crippen molar-refractivity contribution in [2.24, 2.45) is 4.99 Å². The summed E-state index contributed by atoms with van der Waals surface area (Å²) in [6, 6.07) is 0.576. The summed E-state index contributed by atoms with van der Waals surface area (Å²) in [4.78, 5) is 6.83. The lowest BCUT2D eigenvalue weighted by atomic mass is 10.3. The van der Waals surface area contributed by atoms with Gasteiger partial charge in [-0.05, 0) is 41.2 Å². The third kappa shape index (κ3) is 12.9. The van der Waals surface area contributed by atoms with E-state index in [9.17, 15) is 0 Å². The zero-order valence-electron chi connectivity index (χ0n) is 13.7. The molecule has 6 heteroatoms. The number of likely N-dealkylation sites (N-methyl/N-ethyl adjacent to an activating group) is 1. The molecule has 20 heavy (non-hydrogen) atoms. The topological polar surface area (TPSA) is 48.9 Å². The minimum atomic E-state index is 0. The highest BCUT2D eigenvalue weighted by Crippen LogP contribution is 1.91. The molecule has 0 radical (unpaired) electrons. The number of aliphatic imine (C=N–C) groups is 1. The molecule has 5 nitrogen and oxygen atoms in total. The Morgan fingerprint density at radius 2 is 1.95 bits per heavy atom. The SMILES string of the molecule is CCNC(=NCCCOCC)NCCN(C)C(C)C.I. The van der Waals surface area contributed by atoms with Crippen molar-refractivity contribution in [3.63, 3.8) is 0 Å². The van der Waals surface area contributed by atoms with Crippen LogP contribution in [0.3, 0.4) is 0 Å². The molecule has 0 aliphatic heterocycles. The van der Waals surface area contributed by atoms with Gasteiger partial charge in [-0.15, -0.1) is 24.0 Å². The molecule has 0 aromatic carbocycles. The van der Waals surface area contributed by atoms with Crippen LogP contribution in [0, 0.1) is 0 Å². The molecule has 0 fully saturated rings. The number of hydrogen-bond acceptors (Lipinski definition) is 3. The first-order valence-electron chi connectivity index (χ1n) is 7.41. The summed E-state index contributed by atoms with van der Waals surface area (Å²) >= 11 is 0. The molecular weight excluding hydrogens is 367 g/mol. The summed E-state index contributed by atoms with van der Waals surface area (Å²) in [6.45, 7) is 13.7. The quantitative estimate of drug-likeness (QED) is 0.255. The minimum absolute atomic E-state index is 0. The van der Waals surface area contributed by atoms with E-state index in [1.165, 1.54) is 0 Å². The van der Waals surface area contributed by atoms with Crippen molar-refractivity contribution in [2.75, 3.05) is 46.4 Å². The third-order valence-corrected chi connectivity index (χ3v) is 2.90. The summed E-state index contributed by atoms with van der Waals surface area (Å²) in [5.41, 5.74) is 0. The Kier molecular flexibility index (Phi) is 17.0. The average Bonchev–Trinajstić information content (AvgIpc) is 2.38. The lowest BCUT2D eigenvalue weighted by Crippen LogP contribution is -2.42. The molecule has 0 heterocycles. The Labute approximate surface area is 141 Å². The van der Waals surface area contributed by atoms with E-state index in [4.69, 9.17) is 4.74 Å². The molecule has 0 aromatic heterocycles. The summed E-state index contributed by atoms with van der Waals surface area (Å²) in [6.07, 6.45) is 0.969. The maximum absolute atomic E-state index is 5.30. The summed E-state index contributed by atoms with van der Waals surface area (Å²) in [7, 11) is 2.14. The van der Waals surface area contributed by atoms with Gasteiger partial charge in [0.2, 0.25) is 0 Å². The van der Waals surface area contributed by atoms with Crippen LogP contribution < -0.4 is 10.6 Å². The number of hydrogen-bond donors (Lipinski definition) is 2. The molecule has 0 aliphatic carbocycles. The van der Waals surface area contributed by atoms with Crippen molar-refractivity contribution in [3.05, 3.63) is 0 Å². The lowest BCUT2D eigenvalue weighted by molar-refractivity contribution is 0.146. The molecule has 122 valence electrons. The normalized spacial score (nSPS) is 11.7. The first-order chi connectivity index (χ1) is 9.11. The standard InChI is InChI=1S/C14H32N4O.HI/c1-6-15-14(16-9-8-12-19-7-2)17-10-11-18(5)13(3)4;/h13H,6-12H2,1-5H3,(H2,15,16,17);1H. The molecule has 0 atom stereocenters. The highest BCUT2D eigenvalue weighted by Gasteiger charge is 2.03. The number of halogens is 1. The van der Waals surface area contributed by atoms with E-state index < -0.39 is 0 Å². The van der Waals surface area contributed by atoms with E-state index in [2.05, 4.69) is 48.3 Å². The number of nitrogens with zero attached hydrogens (tertiary/aromatic N) is 2. The Morgan fingerprint density at radius 3 is 2.50 bits per heavy atom. The fourth-order valence-corrected chi connectivity index (χ4v) is 1.45. The first kappa shape index (κ1) is 22.2. The molecule has 2 N–H and O–H groups in total. The second-order valence-corrected chi connectivity index (χ2v) is 4.81. The van der Waals surface area contributed by atoms with Crippen LogP contribution in [0.15, 0.2) is 4.99 Å². The van der Waals surface area contributed by atoms with Gasteiger partial charge < -0.3 is 20.3 Å². The van der Waals surface area contributed by atoms with Gasteiger partial charge in [-0.1, -0.05) is 0 Å². The Bertz CT molecular complexity index is 237. The summed E-state index contributed by atoms with van der Waals surface area (Å²) in [5, 5.41) is 6.61. The molecule has 0 bridgehead atoms. The smallest absolute Gasteiger partial charge is 0.191 e. The van der Waals surface area contributed by atoms with Crippen LogP contribution >= 0.6 is 24.0 Å². The summed E-state index contributed by atoms with van der Waals surface area (Å²) in [5.74, 6) is 0.899. The Morgan fingerprint density at radius 1 is 1.25 bits per heavy atom. The van der Waals surface area contributed by atoms with Crippen LogP contribution in [0.1, 0.15) is 34.1 Å². The second-order valence-electron chi connectivity index (χ2n) is 4.81. The molecule has 0 rings (SSSR count). The fourth-order valence-electron chi connectivity index (χ4n) is 1.45. The second kappa shape index (κ2) is 15.3. The van der Waals surface area contributed by atoms with Crippen LogP contribution in [0.5, 0.6) is 0 Å². The first-order valence-corrected chi connectivity index (χ1v) is 7.41. The minimum Gasteiger partial charge on any atom is -0.382 e. The van der Waals surface area contributed by atoms with Gasteiger partial charge >= 0.3 is 0 Å². The van der Waals surface area contributed by atoms with E-state index in [-0.39, 0.29) is 24.0 Å². The van der Waals surface area contributed by atoms with Crippen molar-refractivity contribution in [1.29, 1.82) is 0 Å². The molecule has 0 unspecified atom stereocenters. The third-order valence-electron chi connectivity index (χ3n) is 2.90. The zero-order valence-corrected chi connectivity index (χ0v) is 16.1. The van der Waals surface area contributed by atoms with Crippen molar-refractivity contribution >= 4 is 29.9 Å². The van der Waals surface area contributed by atoms with Crippen molar-refractivity contribution in [3.8, 4) is 0 Å². The Hall–Kier alpha value is -0.0800. The molecule has 0 spiro atoms. The lowest BCUT2D eigenvalue weighted by Gasteiger charge is -2.21. The van der Waals surface area contributed by atoms with Crippen LogP contribution in [0.25, 0.3) is 0 Å². The van der Waals surface area contributed by atoms with Gasteiger partial charge in [0.15, 0.2) is 5.96 Å². The van der Waals surface area contributed by atoms with E-state index in [1.54, 1.807) is 0 Å². The number of guanidine groups is 1. The summed E-state index contributed by atoms with van der Waals surface area (Å²) < 4.78 is 5.30. The van der Waals surface area contributed by atoms with Crippen molar-refractivity contribution in [1.82, 2.24) is 15.5 Å². The highest BCUT2D eigenvalue weighted by molar-refractivity contribution is 14.0. The predicted molar refractivity (Wildman–Crippen MR) is 98.3 cm³/mol. The van der Waals surface area contributed by atoms with Crippen LogP contribution in [0.4, 0.5) is 0 Å². The molecular formula is C14H33IN4O. The van der Waals surface area contributed by atoms with E-state index in [0.717, 1.165) is 51.8 Å². The number of nitrogens with one attached hydrogen (secondary N) is 2. The monoisotopic (exact) mass is 400 g/mol. The van der Waals surface area contributed by atoms with Crippen molar-refractivity contribution in [2.45, 2.75) is 40.2 Å². The highest BCUT2D eigenvalue weighted by atomic mass is 127. The molecule has 0 saturated heterocycles. The van der Waals surface area contributed by atoms with Gasteiger partial charge in [-0.3, -0.25) is 4.99 Å². The molecule has 0 aromatic rings. The predicted octanol–water partition coefficient (Wildman–Crippen LogP) is 1.93. The molecule has 0 aliphatic rings. The molecule has 0 saturated carbocycles. The van der Waals surface area contributed by atoms with Gasteiger partial charge in [-0.2, -0.15) is 0 Å². The van der Waals surface area contributed by atoms with Crippen molar-refractivity contribution < 1.29 is 4.74 Å². The van der Waals surface area contributed by atoms with Gasteiger partial charge in [0, 0.05) is 45.4 Å². The fraction of sp³-hybridized carbons (Fsp3) is 0.929.